The Balaban J connectivity index is 2.33. The fourth-order valence-electron chi connectivity index (χ4n) is 1.85. The summed E-state index contributed by atoms with van der Waals surface area (Å²) < 4.78 is 65.8. The second-order valence-electron chi connectivity index (χ2n) is 4.77. The smallest absolute Gasteiger partial charge is 0.264 e. The van der Waals surface area contributed by atoms with E-state index >= 15 is 0 Å². The highest BCUT2D eigenvalue weighted by molar-refractivity contribution is 7.92. The number of halogens is 1. The number of rotatable bonds is 5. The summed E-state index contributed by atoms with van der Waals surface area (Å²) in [6.45, 7) is 1.65. The Morgan fingerprint density at radius 3 is 2.09 bits per heavy atom. The topological polar surface area (TPSA) is 92.3 Å². The van der Waals surface area contributed by atoms with Gasteiger partial charge in [-0.25, -0.2) is 25.9 Å². The Morgan fingerprint density at radius 1 is 0.913 bits per heavy atom. The quantitative estimate of drug-likeness (QED) is 0.853. The van der Waals surface area contributed by atoms with E-state index in [1.54, 1.807) is 6.92 Å². The molecule has 0 radical (unpaired) electrons. The number of anilines is 1. The van der Waals surface area contributed by atoms with Crippen LogP contribution < -0.4 is 9.44 Å². The maximum Gasteiger partial charge on any atom is 0.264 e. The maximum atomic E-state index is 13.7. The van der Waals surface area contributed by atoms with Crippen molar-refractivity contribution in [1.29, 1.82) is 0 Å². The second-order valence-corrected chi connectivity index (χ2v) is 8.31. The fourth-order valence-corrected chi connectivity index (χ4v) is 3.80. The van der Waals surface area contributed by atoms with Gasteiger partial charge >= 0.3 is 0 Å². The zero-order chi connectivity index (χ0) is 17.3. The van der Waals surface area contributed by atoms with Gasteiger partial charge in [-0.05, 0) is 55.9 Å². The van der Waals surface area contributed by atoms with Crippen molar-refractivity contribution < 1.29 is 21.2 Å². The van der Waals surface area contributed by atoms with Gasteiger partial charge in [0, 0.05) is 5.69 Å². The minimum Gasteiger partial charge on any atom is -0.280 e. The number of hydrogen-bond donors (Lipinski definition) is 2. The first-order chi connectivity index (χ1) is 10.7. The molecular formula is C14H15FN2O4S2. The van der Waals surface area contributed by atoms with Gasteiger partial charge in [0.1, 0.15) is 10.7 Å². The standard InChI is InChI=1S/C14H15FN2O4S2/c1-10-3-8-13(15)14(9-10)23(20,21)17-11-4-6-12(7-5-11)22(18,19)16-2/h3-9,16-17H,1-2H3. The Hall–Kier alpha value is -1.97. The zero-order valence-electron chi connectivity index (χ0n) is 12.4. The van der Waals surface area contributed by atoms with E-state index < -0.39 is 30.8 Å². The van der Waals surface area contributed by atoms with Crippen LogP contribution in [0.4, 0.5) is 10.1 Å². The third-order valence-electron chi connectivity index (χ3n) is 3.06. The number of aryl methyl sites for hydroxylation is 1. The Labute approximate surface area is 134 Å². The summed E-state index contributed by atoms with van der Waals surface area (Å²) in [5, 5.41) is 0. The summed E-state index contributed by atoms with van der Waals surface area (Å²) in [6, 6.07) is 8.83. The molecular weight excluding hydrogens is 343 g/mol. The molecule has 2 N–H and O–H groups in total. The van der Waals surface area contributed by atoms with Gasteiger partial charge in [0.25, 0.3) is 10.0 Å². The van der Waals surface area contributed by atoms with Crippen molar-refractivity contribution >= 4 is 25.7 Å². The summed E-state index contributed by atoms with van der Waals surface area (Å²) in [7, 11) is -6.45. The zero-order valence-corrected chi connectivity index (χ0v) is 14.0. The van der Waals surface area contributed by atoms with E-state index in [1.807, 2.05) is 0 Å². The molecule has 0 bridgehead atoms. The predicted molar refractivity (Wildman–Crippen MR) is 84.6 cm³/mol. The van der Waals surface area contributed by atoms with Gasteiger partial charge in [0.2, 0.25) is 10.0 Å². The fraction of sp³-hybridized carbons (Fsp3) is 0.143. The van der Waals surface area contributed by atoms with Crippen LogP contribution in [-0.2, 0) is 20.0 Å². The second kappa shape index (κ2) is 6.26. The molecule has 124 valence electrons. The van der Waals surface area contributed by atoms with Crippen LogP contribution in [0.2, 0.25) is 0 Å². The van der Waals surface area contributed by atoms with Gasteiger partial charge in [0.05, 0.1) is 4.90 Å². The van der Waals surface area contributed by atoms with Gasteiger partial charge < -0.3 is 0 Å². The number of sulfonamides is 2. The van der Waals surface area contributed by atoms with Crippen molar-refractivity contribution in [2.75, 3.05) is 11.8 Å². The van der Waals surface area contributed by atoms with Gasteiger partial charge in [0.15, 0.2) is 0 Å². The number of benzene rings is 2. The summed E-state index contributed by atoms with van der Waals surface area (Å²) in [4.78, 5) is -0.478. The highest BCUT2D eigenvalue weighted by Crippen LogP contribution is 2.21. The van der Waals surface area contributed by atoms with Crippen molar-refractivity contribution in [3.63, 3.8) is 0 Å². The Morgan fingerprint density at radius 2 is 1.52 bits per heavy atom. The first-order valence-electron chi connectivity index (χ1n) is 6.48. The number of hydrogen-bond acceptors (Lipinski definition) is 4. The molecule has 0 heterocycles. The van der Waals surface area contributed by atoms with Crippen LogP contribution in [-0.4, -0.2) is 23.9 Å². The molecule has 23 heavy (non-hydrogen) atoms. The first-order valence-corrected chi connectivity index (χ1v) is 9.45. The van der Waals surface area contributed by atoms with Gasteiger partial charge in [-0.2, -0.15) is 0 Å². The van der Waals surface area contributed by atoms with E-state index in [0.29, 0.717) is 5.56 Å². The van der Waals surface area contributed by atoms with Crippen LogP contribution in [0.3, 0.4) is 0 Å². The molecule has 0 saturated heterocycles. The van der Waals surface area contributed by atoms with Gasteiger partial charge in [-0.1, -0.05) is 6.07 Å². The SMILES string of the molecule is CNS(=O)(=O)c1ccc(NS(=O)(=O)c2cc(C)ccc2F)cc1. The normalized spacial score (nSPS) is 12.1. The Kier molecular flexibility index (Phi) is 4.73. The molecule has 9 heteroatoms. The molecule has 0 aliphatic rings. The van der Waals surface area contributed by atoms with Crippen molar-refractivity contribution in [2.45, 2.75) is 16.7 Å². The molecule has 0 aromatic heterocycles. The molecule has 0 amide bonds. The van der Waals surface area contributed by atoms with Crippen molar-refractivity contribution in [3.05, 3.63) is 53.8 Å². The summed E-state index contributed by atoms with van der Waals surface area (Å²) in [5.41, 5.74) is 0.725. The molecule has 2 rings (SSSR count). The summed E-state index contributed by atoms with van der Waals surface area (Å²) in [6.07, 6.45) is 0. The van der Waals surface area contributed by atoms with Crippen LogP contribution in [0.25, 0.3) is 0 Å². The lowest BCUT2D eigenvalue weighted by Crippen LogP contribution is -2.18. The minimum atomic E-state index is -4.11. The average molecular weight is 358 g/mol. The van der Waals surface area contributed by atoms with Crippen molar-refractivity contribution in [1.82, 2.24) is 4.72 Å². The molecule has 2 aromatic carbocycles. The third-order valence-corrected chi connectivity index (χ3v) is 5.89. The molecule has 0 saturated carbocycles. The lowest BCUT2D eigenvalue weighted by Gasteiger charge is -2.10. The van der Waals surface area contributed by atoms with Crippen LogP contribution in [0.1, 0.15) is 5.56 Å². The van der Waals surface area contributed by atoms with Crippen LogP contribution in [0.5, 0.6) is 0 Å². The van der Waals surface area contributed by atoms with Crippen molar-refractivity contribution in [2.24, 2.45) is 0 Å². The average Bonchev–Trinajstić information content (AvgIpc) is 2.49. The van der Waals surface area contributed by atoms with Crippen LogP contribution in [0, 0.1) is 12.7 Å². The molecule has 6 nitrogen and oxygen atoms in total. The highest BCUT2D eigenvalue weighted by Gasteiger charge is 2.20. The molecule has 0 aliphatic carbocycles. The van der Waals surface area contributed by atoms with Gasteiger partial charge in [-0.15, -0.1) is 0 Å². The summed E-state index contributed by atoms with van der Waals surface area (Å²) >= 11 is 0. The molecule has 0 aliphatic heterocycles. The molecule has 0 spiro atoms. The monoisotopic (exact) mass is 358 g/mol. The molecule has 2 aromatic rings. The summed E-state index contributed by atoms with van der Waals surface area (Å²) in [5.74, 6) is -0.863. The molecule has 0 fully saturated rings. The Bertz CT molecular complexity index is 924. The minimum absolute atomic E-state index is 0.00955. The number of nitrogens with one attached hydrogen (secondary N) is 2. The maximum absolute atomic E-state index is 13.7. The van der Waals surface area contributed by atoms with E-state index in [4.69, 9.17) is 0 Å². The van der Waals surface area contributed by atoms with E-state index in [0.717, 1.165) is 6.07 Å². The van der Waals surface area contributed by atoms with Crippen LogP contribution >= 0.6 is 0 Å². The third kappa shape index (κ3) is 3.87. The first kappa shape index (κ1) is 17.4. The predicted octanol–water partition coefficient (Wildman–Crippen LogP) is 1.84. The molecule has 0 unspecified atom stereocenters. The van der Waals surface area contributed by atoms with E-state index in [-0.39, 0.29) is 10.6 Å². The largest absolute Gasteiger partial charge is 0.280 e. The van der Waals surface area contributed by atoms with Crippen molar-refractivity contribution in [3.8, 4) is 0 Å². The lowest BCUT2D eigenvalue weighted by atomic mass is 10.2. The van der Waals surface area contributed by atoms with E-state index in [9.17, 15) is 21.2 Å². The van der Waals surface area contributed by atoms with E-state index in [2.05, 4.69) is 9.44 Å². The van der Waals surface area contributed by atoms with Crippen LogP contribution in [0.15, 0.2) is 52.3 Å². The van der Waals surface area contributed by atoms with E-state index in [1.165, 1.54) is 43.4 Å². The van der Waals surface area contributed by atoms with Gasteiger partial charge in [-0.3, -0.25) is 4.72 Å². The lowest BCUT2D eigenvalue weighted by molar-refractivity contribution is 0.569. The highest BCUT2D eigenvalue weighted by atomic mass is 32.2. The molecule has 0 atom stereocenters.